The van der Waals surface area contributed by atoms with Crippen LogP contribution in [-0.4, -0.2) is 35.6 Å². The summed E-state index contributed by atoms with van der Waals surface area (Å²) in [6.45, 7) is 3.10. The number of unbranched alkanes of at least 4 members (excludes halogenated alkanes) is 1. The standard InChI is InChI=1S/C15H22N6O2S/c1-11(10-24)14(22)17-6-2-3-7-18-15(23)12-4-5-13(19-8-12)9-20-21-16/h4-5,8,11,24H,2-3,6-7,9-10H2,1H3,(H,17,22)(H,18,23). The molecule has 0 saturated carbocycles. The summed E-state index contributed by atoms with van der Waals surface area (Å²) < 4.78 is 0. The fraction of sp³-hybridized carbons (Fsp3) is 0.533. The van der Waals surface area contributed by atoms with E-state index >= 15 is 0 Å². The fourth-order valence-electron chi connectivity index (χ4n) is 1.78. The molecule has 2 N–H and O–H groups in total. The zero-order valence-corrected chi connectivity index (χ0v) is 14.5. The normalized spacial score (nSPS) is 11.2. The number of pyridine rings is 1. The first-order chi connectivity index (χ1) is 11.6. The maximum atomic E-state index is 11.9. The maximum Gasteiger partial charge on any atom is 0.252 e. The third-order valence-electron chi connectivity index (χ3n) is 3.29. The number of hydrogen-bond donors (Lipinski definition) is 3. The Bertz CT molecular complexity index is 586. The summed E-state index contributed by atoms with van der Waals surface area (Å²) in [6, 6.07) is 3.30. The predicted octanol–water partition coefficient (Wildman–Crippen LogP) is 2.08. The highest BCUT2D eigenvalue weighted by Crippen LogP contribution is 2.02. The van der Waals surface area contributed by atoms with Crippen molar-refractivity contribution in [3.8, 4) is 0 Å². The molecule has 1 atom stereocenters. The van der Waals surface area contributed by atoms with Crippen LogP contribution in [0, 0.1) is 5.92 Å². The Kier molecular flexibility index (Phi) is 9.33. The van der Waals surface area contributed by atoms with Crippen molar-refractivity contribution in [3.63, 3.8) is 0 Å². The lowest BCUT2D eigenvalue weighted by atomic mass is 10.2. The molecular formula is C15H22N6O2S. The minimum absolute atomic E-state index is 0.000863. The molecule has 1 aromatic rings. The largest absolute Gasteiger partial charge is 0.356 e. The first kappa shape index (κ1) is 19.8. The summed E-state index contributed by atoms with van der Waals surface area (Å²) in [5, 5.41) is 9.04. The van der Waals surface area contributed by atoms with Gasteiger partial charge in [-0.1, -0.05) is 12.0 Å². The van der Waals surface area contributed by atoms with E-state index < -0.39 is 0 Å². The third kappa shape index (κ3) is 7.34. The Balaban J connectivity index is 2.22. The lowest BCUT2D eigenvalue weighted by Gasteiger charge is -2.09. The quantitative estimate of drug-likeness (QED) is 0.197. The van der Waals surface area contributed by atoms with Crippen molar-refractivity contribution in [2.24, 2.45) is 11.0 Å². The number of thiol groups is 1. The van der Waals surface area contributed by atoms with Gasteiger partial charge in [0.15, 0.2) is 0 Å². The number of nitrogens with zero attached hydrogens (tertiary/aromatic N) is 4. The summed E-state index contributed by atoms with van der Waals surface area (Å²) in [4.78, 5) is 30.2. The average Bonchev–Trinajstić information content (AvgIpc) is 2.62. The zero-order chi connectivity index (χ0) is 17.8. The van der Waals surface area contributed by atoms with Crippen molar-refractivity contribution in [2.45, 2.75) is 26.3 Å². The van der Waals surface area contributed by atoms with Gasteiger partial charge in [0.25, 0.3) is 5.91 Å². The first-order valence-corrected chi connectivity index (χ1v) is 8.34. The topological polar surface area (TPSA) is 120 Å². The monoisotopic (exact) mass is 350 g/mol. The average molecular weight is 350 g/mol. The molecule has 24 heavy (non-hydrogen) atoms. The molecule has 0 saturated heterocycles. The van der Waals surface area contributed by atoms with Crippen LogP contribution in [-0.2, 0) is 11.3 Å². The zero-order valence-electron chi connectivity index (χ0n) is 13.6. The molecule has 0 aromatic carbocycles. The molecule has 1 unspecified atom stereocenters. The molecule has 0 bridgehead atoms. The van der Waals surface area contributed by atoms with Gasteiger partial charge in [-0.25, -0.2) is 0 Å². The van der Waals surface area contributed by atoms with Crippen LogP contribution in [0.25, 0.3) is 10.4 Å². The fourth-order valence-corrected chi connectivity index (χ4v) is 1.94. The Labute approximate surface area is 146 Å². The van der Waals surface area contributed by atoms with Crippen molar-refractivity contribution in [1.82, 2.24) is 15.6 Å². The van der Waals surface area contributed by atoms with E-state index in [1.165, 1.54) is 6.20 Å². The summed E-state index contributed by atoms with van der Waals surface area (Å²) in [7, 11) is 0. The molecule has 8 nitrogen and oxygen atoms in total. The van der Waals surface area contributed by atoms with E-state index in [0.717, 1.165) is 12.8 Å². The molecular weight excluding hydrogens is 328 g/mol. The highest BCUT2D eigenvalue weighted by molar-refractivity contribution is 7.80. The second-order valence-electron chi connectivity index (χ2n) is 5.26. The minimum atomic E-state index is -0.203. The van der Waals surface area contributed by atoms with Crippen LogP contribution in [0.15, 0.2) is 23.4 Å². The number of carbonyl (C=O) groups is 2. The molecule has 1 heterocycles. The van der Waals surface area contributed by atoms with Gasteiger partial charge < -0.3 is 10.6 Å². The van der Waals surface area contributed by atoms with Crippen LogP contribution >= 0.6 is 12.6 Å². The number of carbonyl (C=O) groups excluding carboxylic acids is 2. The number of nitrogens with one attached hydrogen (secondary N) is 2. The number of hydrogen-bond acceptors (Lipinski definition) is 5. The number of amides is 2. The summed E-state index contributed by atoms with van der Waals surface area (Å²) in [6.07, 6.45) is 3.01. The number of rotatable bonds is 10. The molecule has 1 aromatic heterocycles. The van der Waals surface area contributed by atoms with Gasteiger partial charge in [-0.2, -0.15) is 12.6 Å². The molecule has 1 rings (SSSR count). The SMILES string of the molecule is CC(CS)C(=O)NCCCCNC(=O)c1ccc(CN=[N+]=[N-])nc1. The van der Waals surface area contributed by atoms with E-state index in [0.29, 0.717) is 30.1 Å². The van der Waals surface area contributed by atoms with E-state index in [-0.39, 0.29) is 24.3 Å². The van der Waals surface area contributed by atoms with Crippen molar-refractivity contribution < 1.29 is 9.59 Å². The van der Waals surface area contributed by atoms with Gasteiger partial charge in [-0.15, -0.1) is 0 Å². The van der Waals surface area contributed by atoms with E-state index in [1.807, 2.05) is 6.92 Å². The molecule has 0 spiro atoms. The van der Waals surface area contributed by atoms with E-state index in [2.05, 4.69) is 38.3 Å². The molecule has 0 radical (unpaired) electrons. The second-order valence-corrected chi connectivity index (χ2v) is 5.63. The Hall–Kier alpha value is -2.25. The number of azide groups is 1. The summed E-state index contributed by atoms with van der Waals surface area (Å²) in [5.74, 6) is 0.228. The lowest BCUT2D eigenvalue weighted by molar-refractivity contribution is -0.123. The first-order valence-electron chi connectivity index (χ1n) is 7.71. The minimum Gasteiger partial charge on any atom is -0.356 e. The number of aromatic nitrogens is 1. The summed E-state index contributed by atoms with van der Waals surface area (Å²) in [5.41, 5.74) is 9.30. The van der Waals surface area contributed by atoms with Gasteiger partial charge >= 0.3 is 0 Å². The highest BCUT2D eigenvalue weighted by atomic mass is 32.1. The van der Waals surface area contributed by atoms with E-state index in [4.69, 9.17) is 5.53 Å². The molecule has 9 heteroatoms. The predicted molar refractivity (Wildman–Crippen MR) is 94.7 cm³/mol. The molecule has 0 aliphatic heterocycles. The summed E-state index contributed by atoms with van der Waals surface area (Å²) >= 11 is 4.08. The van der Waals surface area contributed by atoms with Crippen LogP contribution < -0.4 is 10.6 Å². The Morgan fingerprint density at radius 3 is 2.62 bits per heavy atom. The van der Waals surface area contributed by atoms with Crippen molar-refractivity contribution in [1.29, 1.82) is 0 Å². The van der Waals surface area contributed by atoms with Crippen LogP contribution in [0.5, 0.6) is 0 Å². The Morgan fingerprint density at radius 1 is 1.33 bits per heavy atom. The molecule has 2 amide bonds. The van der Waals surface area contributed by atoms with Crippen LogP contribution in [0.2, 0.25) is 0 Å². The van der Waals surface area contributed by atoms with Gasteiger partial charge in [0.2, 0.25) is 5.91 Å². The maximum absolute atomic E-state index is 11.9. The van der Waals surface area contributed by atoms with Crippen LogP contribution in [0.1, 0.15) is 35.8 Å². The van der Waals surface area contributed by atoms with E-state index in [1.54, 1.807) is 12.1 Å². The Morgan fingerprint density at radius 2 is 2.04 bits per heavy atom. The van der Waals surface area contributed by atoms with Crippen LogP contribution in [0.3, 0.4) is 0 Å². The highest BCUT2D eigenvalue weighted by Gasteiger charge is 2.09. The lowest BCUT2D eigenvalue weighted by Crippen LogP contribution is -2.31. The smallest absolute Gasteiger partial charge is 0.252 e. The van der Waals surface area contributed by atoms with Crippen LogP contribution in [0.4, 0.5) is 0 Å². The molecule has 0 fully saturated rings. The van der Waals surface area contributed by atoms with Gasteiger partial charge in [-0.3, -0.25) is 14.6 Å². The van der Waals surface area contributed by atoms with Gasteiger partial charge in [0.1, 0.15) is 0 Å². The molecule has 0 aliphatic carbocycles. The van der Waals surface area contributed by atoms with E-state index in [9.17, 15) is 9.59 Å². The van der Waals surface area contributed by atoms with Gasteiger partial charge in [-0.05, 0) is 30.5 Å². The van der Waals surface area contributed by atoms with Gasteiger partial charge in [0, 0.05) is 41.6 Å². The second kappa shape index (κ2) is 11.3. The van der Waals surface area contributed by atoms with Gasteiger partial charge in [0.05, 0.1) is 12.1 Å². The van der Waals surface area contributed by atoms with Crippen molar-refractivity contribution in [2.75, 3.05) is 18.8 Å². The third-order valence-corrected chi connectivity index (χ3v) is 3.84. The molecule has 130 valence electrons. The molecule has 0 aliphatic rings. The van der Waals surface area contributed by atoms with Crippen molar-refractivity contribution >= 4 is 24.4 Å². The van der Waals surface area contributed by atoms with Crippen molar-refractivity contribution in [3.05, 3.63) is 40.0 Å².